The van der Waals surface area contributed by atoms with Gasteiger partial charge in [-0.15, -0.1) is 0 Å². The van der Waals surface area contributed by atoms with E-state index >= 15 is 0 Å². The van der Waals surface area contributed by atoms with Crippen molar-refractivity contribution in [2.75, 3.05) is 16.6 Å². The van der Waals surface area contributed by atoms with Crippen molar-refractivity contribution in [2.45, 2.75) is 11.8 Å². The zero-order chi connectivity index (χ0) is 15.5. The van der Waals surface area contributed by atoms with Gasteiger partial charge in [0.25, 0.3) is 10.0 Å². The second-order valence-electron chi connectivity index (χ2n) is 4.14. The summed E-state index contributed by atoms with van der Waals surface area (Å²) in [5, 5.41) is 2.96. The molecular weight excluding hydrogens is 361 g/mol. The molecule has 1 aromatic heterocycles. The zero-order valence-electron chi connectivity index (χ0n) is 11.1. The minimum absolute atomic E-state index is 0.0384. The third-order valence-electron chi connectivity index (χ3n) is 2.58. The van der Waals surface area contributed by atoms with Gasteiger partial charge in [0.2, 0.25) is 0 Å². The van der Waals surface area contributed by atoms with Gasteiger partial charge in [0.1, 0.15) is 16.5 Å². The molecule has 0 saturated carbocycles. The summed E-state index contributed by atoms with van der Waals surface area (Å²) >= 11 is 3.16. The van der Waals surface area contributed by atoms with Crippen LogP contribution in [0.15, 0.2) is 45.9 Å². The molecule has 1 aromatic carbocycles. The van der Waals surface area contributed by atoms with Crippen molar-refractivity contribution in [3.63, 3.8) is 0 Å². The first-order valence-electron chi connectivity index (χ1n) is 6.10. The third kappa shape index (κ3) is 3.92. The number of benzene rings is 1. The lowest BCUT2D eigenvalue weighted by Gasteiger charge is -2.10. The fourth-order valence-corrected chi connectivity index (χ4v) is 2.97. The number of rotatable bonds is 5. The number of aromatic nitrogens is 1. The maximum atomic E-state index is 13.6. The van der Waals surface area contributed by atoms with Gasteiger partial charge in [0, 0.05) is 17.2 Å². The largest absolute Gasteiger partial charge is 0.370 e. The van der Waals surface area contributed by atoms with Gasteiger partial charge in [-0.1, -0.05) is 15.9 Å². The highest BCUT2D eigenvalue weighted by Gasteiger charge is 2.17. The molecule has 0 radical (unpaired) electrons. The predicted molar refractivity (Wildman–Crippen MR) is 83.3 cm³/mol. The quantitative estimate of drug-likeness (QED) is 0.843. The number of nitrogens with zero attached hydrogens (tertiary/aromatic N) is 1. The van der Waals surface area contributed by atoms with Crippen LogP contribution in [-0.2, 0) is 10.0 Å². The van der Waals surface area contributed by atoms with E-state index in [9.17, 15) is 12.8 Å². The lowest BCUT2D eigenvalue weighted by Crippen LogP contribution is -2.14. The summed E-state index contributed by atoms with van der Waals surface area (Å²) in [4.78, 5) is 3.94. The first kappa shape index (κ1) is 15.7. The molecule has 21 heavy (non-hydrogen) atoms. The molecule has 2 rings (SSSR count). The van der Waals surface area contributed by atoms with E-state index in [0.29, 0.717) is 16.8 Å². The molecule has 0 bridgehead atoms. The zero-order valence-corrected chi connectivity index (χ0v) is 13.5. The van der Waals surface area contributed by atoms with E-state index in [0.717, 1.165) is 0 Å². The molecule has 0 atom stereocenters. The molecule has 0 aliphatic carbocycles. The molecule has 0 aliphatic heterocycles. The number of hydrogen-bond donors (Lipinski definition) is 2. The van der Waals surface area contributed by atoms with Crippen LogP contribution in [0.5, 0.6) is 0 Å². The Balaban J connectivity index is 2.27. The van der Waals surface area contributed by atoms with Gasteiger partial charge < -0.3 is 5.32 Å². The molecule has 0 spiro atoms. The van der Waals surface area contributed by atoms with Crippen molar-refractivity contribution in [2.24, 2.45) is 0 Å². The van der Waals surface area contributed by atoms with Crippen LogP contribution in [0.1, 0.15) is 6.92 Å². The molecule has 112 valence electrons. The summed E-state index contributed by atoms with van der Waals surface area (Å²) in [5.74, 6) is -0.0795. The van der Waals surface area contributed by atoms with Crippen LogP contribution in [-0.4, -0.2) is 19.9 Å². The SMILES string of the molecule is CCNc1ccc(S(=O)(=O)Nc2cc(Br)ccc2F)cn1. The Morgan fingerprint density at radius 3 is 2.67 bits per heavy atom. The van der Waals surface area contributed by atoms with Gasteiger partial charge in [-0.3, -0.25) is 4.72 Å². The number of nitrogens with one attached hydrogen (secondary N) is 2. The second-order valence-corrected chi connectivity index (χ2v) is 6.74. The number of halogens is 2. The van der Waals surface area contributed by atoms with E-state index in [-0.39, 0.29) is 10.6 Å². The first-order valence-corrected chi connectivity index (χ1v) is 8.38. The molecule has 2 aromatic rings. The van der Waals surface area contributed by atoms with Crippen LogP contribution in [0.4, 0.5) is 15.9 Å². The molecule has 2 N–H and O–H groups in total. The number of hydrogen-bond acceptors (Lipinski definition) is 4. The highest BCUT2D eigenvalue weighted by molar-refractivity contribution is 9.10. The van der Waals surface area contributed by atoms with Crippen molar-refractivity contribution in [3.8, 4) is 0 Å². The van der Waals surface area contributed by atoms with Gasteiger partial charge in [-0.25, -0.2) is 17.8 Å². The summed E-state index contributed by atoms with van der Waals surface area (Å²) in [6.07, 6.45) is 1.22. The van der Waals surface area contributed by atoms with E-state index in [1.807, 2.05) is 6.92 Å². The minimum atomic E-state index is -3.89. The minimum Gasteiger partial charge on any atom is -0.370 e. The maximum absolute atomic E-state index is 13.6. The standard InChI is InChI=1S/C13H13BrFN3O2S/c1-2-16-13-6-4-10(8-17-13)21(19,20)18-12-7-9(14)3-5-11(12)15/h3-8,18H,2H2,1H3,(H,16,17). The van der Waals surface area contributed by atoms with Gasteiger partial charge in [0.15, 0.2) is 0 Å². The fraction of sp³-hybridized carbons (Fsp3) is 0.154. The molecule has 8 heteroatoms. The van der Waals surface area contributed by atoms with E-state index in [2.05, 4.69) is 31.0 Å². The number of sulfonamides is 1. The molecular formula is C13H13BrFN3O2S. The van der Waals surface area contributed by atoms with Crippen molar-refractivity contribution >= 4 is 37.5 Å². The van der Waals surface area contributed by atoms with E-state index in [4.69, 9.17) is 0 Å². The Hall–Kier alpha value is -1.67. The predicted octanol–water partition coefficient (Wildman–Crippen LogP) is 3.22. The molecule has 0 fully saturated rings. The average Bonchev–Trinajstić information content (AvgIpc) is 2.44. The summed E-state index contributed by atoms with van der Waals surface area (Å²) in [6, 6.07) is 6.97. The molecule has 5 nitrogen and oxygen atoms in total. The molecule has 0 unspecified atom stereocenters. The van der Waals surface area contributed by atoms with Crippen molar-refractivity contribution < 1.29 is 12.8 Å². The van der Waals surface area contributed by atoms with Crippen LogP contribution in [0.3, 0.4) is 0 Å². The van der Waals surface area contributed by atoms with Crippen LogP contribution < -0.4 is 10.0 Å². The van der Waals surface area contributed by atoms with Gasteiger partial charge in [-0.05, 0) is 37.3 Å². The van der Waals surface area contributed by atoms with Gasteiger partial charge in [-0.2, -0.15) is 0 Å². The smallest absolute Gasteiger partial charge is 0.263 e. The number of pyridine rings is 1. The fourth-order valence-electron chi connectivity index (χ4n) is 1.60. The summed E-state index contributed by atoms with van der Waals surface area (Å²) < 4.78 is 40.7. The van der Waals surface area contributed by atoms with E-state index in [1.165, 1.54) is 30.5 Å². The highest BCUT2D eigenvalue weighted by atomic mass is 79.9. The third-order valence-corrected chi connectivity index (χ3v) is 4.42. The second kappa shape index (κ2) is 6.40. The summed E-state index contributed by atoms with van der Waals surface area (Å²) in [5.41, 5.74) is -0.125. The summed E-state index contributed by atoms with van der Waals surface area (Å²) in [6.45, 7) is 2.59. The highest BCUT2D eigenvalue weighted by Crippen LogP contribution is 2.23. The maximum Gasteiger partial charge on any atom is 0.263 e. The Labute approximate surface area is 130 Å². The lowest BCUT2D eigenvalue weighted by atomic mass is 10.3. The normalized spacial score (nSPS) is 11.2. The first-order chi connectivity index (χ1) is 9.92. The monoisotopic (exact) mass is 373 g/mol. The molecule has 0 saturated heterocycles. The van der Waals surface area contributed by atoms with Crippen molar-refractivity contribution in [1.29, 1.82) is 0 Å². The molecule has 0 aliphatic rings. The molecule has 1 heterocycles. The van der Waals surface area contributed by atoms with Crippen molar-refractivity contribution in [1.82, 2.24) is 4.98 Å². The Morgan fingerprint density at radius 2 is 2.05 bits per heavy atom. The van der Waals surface area contributed by atoms with Crippen LogP contribution >= 0.6 is 15.9 Å². The van der Waals surface area contributed by atoms with Gasteiger partial charge >= 0.3 is 0 Å². The summed E-state index contributed by atoms with van der Waals surface area (Å²) in [7, 11) is -3.89. The Morgan fingerprint density at radius 1 is 1.29 bits per heavy atom. The van der Waals surface area contributed by atoms with Crippen molar-refractivity contribution in [3.05, 3.63) is 46.8 Å². The van der Waals surface area contributed by atoms with E-state index < -0.39 is 15.8 Å². The lowest BCUT2D eigenvalue weighted by molar-refractivity contribution is 0.598. The average molecular weight is 374 g/mol. The molecule has 0 amide bonds. The Bertz CT molecular complexity index is 736. The van der Waals surface area contributed by atoms with Crippen LogP contribution in [0, 0.1) is 5.82 Å². The van der Waals surface area contributed by atoms with Crippen LogP contribution in [0.2, 0.25) is 0 Å². The topological polar surface area (TPSA) is 71.1 Å². The van der Waals surface area contributed by atoms with Gasteiger partial charge in [0.05, 0.1) is 5.69 Å². The Kier molecular flexibility index (Phi) is 4.79. The van der Waals surface area contributed by atoms with Crippen LogP contribution in [0.25, 0.3) is 0 Å². The van der Waals surface area contributed by atoms with E-state index in [1.54, 1.807) is 6.07 Å². The number of anilines is 2.